The Kier molecular flexibility index (Phi) is 5.49. The van der Waals surface area contributed by atoms with Crippen LogP contribution in [0.4, 0.5) is 0 Å². The van der Waals surface area contributed by atoms with Crippen LogP contribution < -0.4 is 5.32 Å². The second kappa shape index (κ2) is 6.66. The van der Waals surface area contributed by atoms with E-state index in [2.05, 4.69) is 35.6 Å². The first-order chi connectivity index (χ1) is 7.70. The number of nitrogens with zero attached hydrogens (tertiary/aromatic N) is 2. The van der Waals surface area contributed by atoms with E-state index >= 15 is 0 Å². The van der Waals surface area contributed by atoms with Gasteiger partial charge in [0, 0.05) is 19.9 Å². The fourth-order valence-electron chi connectivity index (χ4n) is 1.79. The summed E-state index contributed by atoms with van der Waals surface area (Å²) in [5.74, 6) is 0.537. The molecule has 1 rings (SSSR count). The maximum Gasteiger partial charge on any atom is 0.0952 e. The normalized spacial score (nSPS) is 13.3. The monoisotopic (exact) mass is 225 g/mol. The summed E-state index contributed by atoms with van der Waals surface area (Å²) in [6.45, 7) is 9.09. The molecular weight excluding hydrogens is 202 g/mol. The molecule has 0 aliphatic carbocycles. The molecule has 1 heterocycles. The summed E-state index contributed by atoms with van der Waals surface area (Å²) in [6, 6.07) is 0.362. The van der Waals surface area contributed by atoms with E-state index in [1.54, 1.807) is 7.11 Å². The van der Waals surface area contributed by atoms with Crippen molar-refractivity contribution < 1.29 is 4.74 Å². The van der Waals surface area contributed by atoms with Crippen LogP contribution in [0, 0.1) is 5.92 Å². The summed E-state index contributed by atoms with van der Waals surface area (Å²) in [6.07, 6.45) is 3.82. The second-order valence-corrected chi connectivity index (χ2v) is 4.34. The molecule has 0 saturated carbocycles. The van der Waals surface area contributed by atoms with Crippen molar-refractivity contribution in [2.75, 3.05) is 20.3 Å². The Labute approximate surface area is 98.0 Å². The molecule has 0 aliphatic heterocycles. The van der Waals surface area contributed by atoms with Gasteiger partial charge in [-0.15, -0.1) is 0 Å². The highest BCUT2D eigenvalue weighted by atomic mass is 16.5. The van der Waals surface area contributed by atoms with E-state index in [1.807, 2.05) is 12.5 Å². The van der Waals surface area contributed by atoms with E-state index in [-0.39, 0.29) is 0 Å². The quantitative estimate of drug-likeness (QED) is 0.769. The first-order valence-corrected chi connectivity index (χ1v) is 5.91. The Morgan fingerprint density at radius 1 is 1.50 bits per heavy atom. The third kappa shape index (κ3) is 3.32. The molecule has 92 valence electrons. The molecule has 1 unspecified atom stereocenters. The first-order valence-electron chi connectivity index (χ1n) is 5.91. The van der Waals surface area contributed by atoms with Gasteiger partial charge >= 0.3 is 0 Å². The van der Waals surface area contributed by atoms with Crippen molar-refractivity contribution in [3.63, 3.8) is 0 Å². The lowest BCUT2D eigenvalue weighted by Crippen LogP contribution is -2.24. The average molecular weight is 225 g/mol. The van der Waals surface area contributed by atoms with E-state index in [9.17, 15) is 0 Å². The minimum Gasteiger partial charge on any atom is -0.383 e. The summed E-state index contributed by atoms with van der Waals surface area (Å²) in [4.78, 5) is 4.23. The number of rotatable bonds is 7. The summed E-state index contributed by atoms with van der Waals surface area (Å²) in [5.41, 5.74) is 1.22. The molecular formula is C12H23N3O. The van der Waals surface area contributed by atoms with Gasteiger partial charge in [0.05, 0.1) is 24.7 Å². The Bertz CT molecular complexity index is 296. The Morgan fingerprint density at radius 3 is 2.81 bits per heavy atom. The molecule has 0 saturated heterocycles. The summed E-state index contributed by atoms with van der Waals surface area (Å²) >= 11 is 0. The molecule has 0 amide bonds. The SMILES string of the molecule is CCNCc1cncn1C(COC)C(C)C. The van der Waals surface area contributed by atoms with Crippen molar-refractivity contribution in [3.05, 3.63) is 18.2 Å². The van der Waals surface area contributed by atoms with Gasteiger partial charge in [0.25, 0.3) is 0 Å². The Morgan fingerprint density at radius 2 is 2.25 bits per heavy atom. The Hall–Kier alpha value is -0.870. The molecule has 0 spiro atoms. The van der Waals surface area contributed by atoms with E-state index in [1.165, 1.54) is 5.69 Å². The molecule has 1 atom stereocenters. The zero-order valence-electron chi connectivity index (χ0n) is 10.7. The maximum absolute atomic E-state index is 5.28. The summed E-state index contributed by atoms with van der Waals surface area (Å²) in [7, 11) is 1.75. The minimum atomic E-state index is 0.362. The molecule has 0 aromatic carbocycles. The van der Waals surface area contributed by atoms with Crippen LogP contribution in [0.2, 0.25) is 0 Å². The number of hydrogen-bond acceptors (Lipinski definition) is 3. The topological polar surface area (TPSA) is 39.1 Å². The zero-order valence-corrected chi connectivity index (χ0v) is 10.7. The molecule has 1 aromatic heterocycles. The predicted molar refractivity (Wildman–Crippen MR) is 65.4 cm³/mol. The number of imidazole rings is 1. The van der Waals surface area contributed by atoms with Gasteiger partial charge < -0.3 is 14.6 Å². The maximum atomic E-state index is 5.28. The summed E-state index contributed by atoms with van der Waals surface area (Å²) < 4.78 is 7.50. The number of ether oxygens (including phenoxy) is 1. The highest BCUT2D eigenvalue weighted by molar-refractivity contribution is 5.00. The third-order valence-electron chi connectivity index (χ3n) is 2.77. The van der Waals surface area contributed by atoms with Crippen LogP contribution >= 0.6 is 0 Å². The lowest BCUT2D eigenvalue weighted by molar-refractivity contribution is 0.131. The molecule has 4 nitrogen and oxygen atoms in total. The lowest BCUT2D eigenvalue weighted by Gasteiger charge is -2.23. The molecule has 1 N–H and O–H groups in total. The van der Waals surface area contributed by atoms with Crippen LogP contribution in [-0.2, 0) is 11.3 Å². The van der Waals surface area contributed by atoms with Gasteiger partial charge in [0.1, 0.15) is 0 Å². The van der Waals surface area contributed by atoms with Gasteiger partial charge in [-0.3, -0.25) is 0 Å². The van der Waals surface area contributed by atoms with Crippen LogP contribution in [0.5, 0.6) is 0 Å². The van der Waals surface area contributed by atoms with Gasteiger partial charge in [-0.05, 0) is 12.5 Å². The van der Waals surface area contributed by atoms with E-state index in [4.69, 9.17) is 4.74 Å². The van der Waals surface area contributed by atoms with Crippen molar-refractivity contribution in [1.29, 1.82) is 0 Å². The van der Waals surface area contributed by atoms with Crippen LogP contribution in [0.3, 0.4) is 0 Å². The fourth-order valence-corrected chi connectivity index (χ4v) is 1.79. The van der Waals surface area contributed by atoms with Gasteiger partial charge in [-0.25, -0.2) is 4.98 Å². The number of aromatic nitrogens is 2. The Balaban J connectivity index is 2.78. The molecule has 16 heavy (non-hydrogen) atoms. The largest absolute Gasteiger partial charge is 0.383 e. The van der Waals surface area contributed by atoms with E-state index < -0.39 is 0 Å². The molecule has 0 fully saturated rings. The first kappa shape index (κ1) is 13.2. The highest BCUT2D eigenvalue weighted by Crippen LogP contribution is 2.19. The summed E-state index contributed by atoms with van der Waals surface area (Å²) in [5, 5.41) is 3.33. The predicted octanol–water partition coefficient (Wildman–Crippen LogP) is 1.84. The second-order valence-electron chi connectivity index (χ2n) is 4.34. The minimum absolute atomic E-state index is 0.362. The molecule has 0 bridgehead atoms. The van der Waals surface area contributed by atoms with Crippen LogP contribution in [0.1, 0.15) is 32.5 Å². The van der Waals surface area contributed by atoms with Crippen LogP contribution in [0.15, 0.2) is 12.5 Å². The van der Waals surface area contributed by atoms with E-state index in [0.717, 1.165) is 19.7 Å². The smallest absolute Gasteiger partial charge is 0.0952 e. The molecule has 0 aliphatic rings. The van der Waals surface area contributed by atoms with Crippen molar-refractivity contribution >= 4 is 0 Å². The van der Waals surface area contributed by atoms with Crippen LogP contribution in [0.25, 0.3) is 0 Å². The molecule has 4 heteroatoms. The standard InChI is InChI=1S/C12H23N3O/c1-5-13-6-11-7-14-9-15(11)12(8-16-4)10(2)3/h7,9-10,12-13H,5-6,8H2,1-4H3. The van der Waals surface area contributed by atoms with Gasteiger partial charge in [-0.2, -0.15) is 0 Å². The van der Waals surface area contributed by atoms with Crippen LogP contribution in [-0.4, -0.2) is 29.8 Å². The zero-order chi connectivity index (χ0) is 12.0. The van der Waals surface area contributed by atoms with Crippen molar-refractivity contribution in [2.24, 2.45) is 5.92 Å². The van der Waals surface area contributed by atoms with Gasteiger partial charge in [0.15, 0.2) is 0 Å². The highest BCUT2D eigenvalue weighted by Gasteiger charge is 2.17. The average Bonchev–Trinajstić information content (AvgIpc) is 2.70. The number of methoxy groups -OCH3 is 1. The fraction of sp³-hybridized carbons (Fsp3) is 0.750. The third-order valence-corrected chi connectivity index (χ3v) is 2.77. The molecule has 0 radical (unpaired) electrons. The number of hydrogen-bond donors (Lipinski definition) is 1. The van der Waals surface area contributed by atoms with Gasteiger partial charge in [-0.1, -0.05) is 20.8 Å². The number of nitrogens with one attached hydrogen (secondary N) is 1. The van der Waals surface area contributed by atoms with Crippen molar-refractivity contribution in [3.8, 4) is 0 Å². The van der Waals surface area contributed by atoms with E-state index in [0.29, 0.717) is 12.0 Å². The van der Waals surface area contributed by atoms with Crippen molar-refractivity contribution in [1.82, 2.24) is 14.9 Å². The van der Waals surface area contributed by atoms with Gasteiger partial charge in [0.2, 0.25) is 0 Å². The lowest BCUT2D eigenvalue weighted by atomic mass is 10.1. The van der Waals surface area contributed by atoms with Crippen molar-refractivity contribution in [2.45, 2.75) is 33.4 Å². The molecule has 1 aromatic rings.